The third kappa shape index (κ3) is 22.4. The molecule has 41 heavy (non-hydrogen) atoms. The smallest absolute Gasteiger partial charge is 0.550 e. The number of carbonyl (C=O) groups excluding carboxylic acids is 6. The molecule has 0 unspecified atom stereocenters. The van der Waals surface area contributed by atoms with Gasteiger partial charge >= 0.3 is 61.6 Å². The Kier molecular flexibility index (Phi) is 24.6. The van der Waals surface area contributed by atoms with E-state index in [1.807, 2.05) is 0 Å². The summed E-state index contributed by atoms with van der Waals surface area (Å²) in [6.45, 7) is 19.4. The molecule has 0 aliphatic heterocycles. The van der Waals surface area contributed by atoms with E-state index >= 15 is 0 Å². The minimum Gasteiger partial charge on any atom is -0.550 e. The Morgan fingerprint density at radius 3 is 0.780 bits per heavy atom. The van der Waals surface area contributed by atoms with Gasteiger partial charge in [0.15, 0.2) is 0 Å². The van der Waals surface area contributed by atoms with Gasteiger partial charge in [-0.3, -0.25) is 0 Å². The predicted molar refractivity (Wildman–Crippen MR) is 144 cm³/mol. The van der Waals surface area contributed by atoms with Crippen molar-refractivity contribution in [2.24, 2.45) is 11.8 Å². The average molecular weight is 607 g/mol. The van der Waals surface area contributed by atoms with Gasteiger partial charge in [0.2, 0.25) is 0 Å². The molecule has 0 aliphatic carbocycles. The van der Waals surface area contributed by atoms with Crippen molar-refractivity contribution < 1.29 is 57.9 Å². The van der Waals surface area contributed by atoms with Gasteiger partial charge in [-0.1, -0.05) is 26.3 Å². The number of rotatable bonds is 18. The molecule has 0 aromatic carbocycles. The minimum absolute atomic E-state index is 0. The fourth-order valence-electron chi connectivity index (χ4n) is 2.43. The fraction of sp³-hybridized carbons (Fsp3) is 0.500. The standard InChI is InChI=1S/2C14H20O6.Ca/c2*1-9(2)13(17)19-7-5-11(12(15)16)6-8-20-14(18)10(3)4;/h2*11H,1,3,5-8H2,2,4H3,(H,15,16);/q;;+2/p-2. The number of carboxylic acid groups (broad SMARTS) is 2. The molecule has 224 valence electrons. The van der Waals surface area contributed by atoms with Crippen LogP contribution in [0.2, 0.25) is 0 Å². The van der Waals surface area contributed by atoms with Gasteiger partial charge in [-0.05, 0) is 53.4 Å². The van der Waals surface area contributed by atoms with Crippen molar-refractivity contribution in [3.8, 4) is 0 Å². The third-order valence-electron chi connectivity index (χ3n) is 4.86. The number of aliphatic carboxylic acids is 2. The first-order valence-corrected chi connectivity index (χ1v) is 12.2. The number of hydrogen-bond acceptors (Lipinski definition) is 12. The summed E-state index contributed by atoms with van der Waals surface area (Å²) in [6, 6.07) is 0. The van der Waals surface area contributed by atoms with Gasteiger partial charge < -0.3 is 38.7 Å². The van der Waals surface area contributed by atoms with Gasteiger partial charge in [-0.2, -0.15) is 0 Å². The second kappa shape index (κ2) is 23.7. The number of ether oxygens (including phenoxy) is 4. The van der Waals surface area contributed by atoms with Crippen molar-refractivity contribution in [2.75, 3.05) is 26.4 Å². The van der Waals surface area contributed by atoms with E-state index in [2.05, 4.69) is 26.3 Å². The molecule has 13 heteroatoms. The van der Waals surface area contributed by atoms with Crippen LogP contribution in [0.25, 0.3) is 0 Å². The Labute approximate surface area is 270 Å². The first-order valence-electron chi connectivity index (χ1n) is 12.2. The second-order valence-electron chi connectivity index (χ2n) is 8.85. The van der Waals surface area contributed by atoms with E-state index in [0.717, 1.165) is 0 Å². The zero-order valence-corrected chi connectivity index (χ0v) is 26.5. The van der Waals surface area contributed by atoms with Crippen molar-refractivity contribution in [1.29, 1.82) is 0 Å². The van der Waals surface area contributed by atoms with Crippen LogP contribution in [0.3, 0.4) is 0 Å². The number of hydrogen-bond donors (Lipinski definition) is 0. The molecule has 0 amide bonds. The Bertz CT molecular complexity index is 841. The zero-order chi connectivity index (χ0) is 31.4. The van der Waals surface area contributed by atoms with Crippen molar-refractivity contribution in [3.05, 3.63) is 48.6 Å². The monoisotopic (exact) mass is 606 g/mol. The molecule has 12 nitrogen and oxygen atoms in total. The number of esters is 4. The van der Waals surface area contributed by atoms with Gasteiger partial charge in [0.25, 0.3) is 0 Å². The van der Waals surface area contributed by atoms with Crippen LogP contribution in [0.5, 0.6) is 0 Å². The maximum atomic E-state index is 11.1. The van der Waals surface area contributed by atoms with Crippen LogP contribution in [0, 0.1) is 11.8 Å². The molecular weight excluding hydrogens is 568 g/mol. The predicted octanol–water partition coefficient (Wildman–Crippen LogP) is 0.362. The van der Waals surface area contributed by atoms with Gasteiger partial charge in [0.1, 0.15) is 0 Å². The topological polar surface area (TPSA) is 185 Å². The van der Waals surface area contributed by atoms with E-state index in [0.29, 0.717) is 0 Å². The fourth-order valence-corrected chi connectivity index (χ4v) is 2.43. The minimum atomic E-state index is -1.28. The summed E-state index contributed by atoms with van der Waals surface area (Å²) in [7, 11) is 0. The Hall–Kier alpha value is -2.96. The molecule has 0 fully saturated rings. The van der Waals surface area contributed by atoms with Crippen LogP contribution in [-0.2, 0) is 47.7 Å². The maximum Gasteiger partial charge on any atom is 2.00 e. The molecule has 0 saturated carbocycles. The largest absolute Gasteiger partial charge is 2.00 e. The molecule has 0 atom stereocenters. The van der Waals surface area contributed by atoms with E-state index in [1.54, 1.807) is 0 Å². The first kappa shape index (κ1) is 42.5. The van der Waals surface area contributed by atoms with E-state index in [9.17, 15) is 39.0 Å². The van der Waals surface area contributed by atoms with Crippen LogP contribution in [-0.4, -0.2) is 100.0 Å². The average Bonchev–Trinajstić information content (AvgIpc) is 2.85. The van der Waals surface area contributed by atoms with Crippen LogP contribution in [0.4, 0.5) is 0 Å². The molecule has 0 spiro atoms. The van der Waals surface area contributed by atoms with Gasteiger partial charge in [0, 0.05) is 46.1 Å². The van der Waals surface area contributed by atoms with Crippen LogP contribution >= 0.6 is 0 Å². The molecule has 0 heterocycles. The maximum absolute atomic E-state index is 11.1. The van der Waals surface area contributed by atoms with Crippen molar-refractivity contribution in [2.45, 2.75) is 53.4 Å². The van der Waals surface area contributed by atoms with Gasteiger partial charge in [0.05, 0.1) is 26.4 Å². The molecular formula is C28H38CaO12. The second-order valence-corrected chi connectivity index (χ2v) is 8.85. The van der Waals surface area contributed by atoms with Crippen LogP contribution in [0.1, 0.15) is 53.4 Å². The van der Waals surface area contributed by atoms with Gasteiger partial charge in [-0.25, -0.2) is 19.2 Å². The van der Waals surface area contributed by atoms with Crippen molar-refractivity contribution >= 4 is 73.6 Å². The van der Waals surface area contributed by atoms with Gasteiger partial charge in [-0.15, -0.1) is 0 Å². The molecule has 0 aromatic rings. The van der Waals surface area contributed by atoms with Crippen molar-refractivity contribution in [1.82, 2.24) is 0 Å². The third-order valence-corrected chi connectivity index (χ3v) is 4.86. The molecule has 0 aromatic heterocycles. The molecule has 0 N–H and O–H groups in total. The summed E-state index contributed by atoms with van der Waals surface area (Å²) in [5.41, 5.74) is 0.964. The molecule has 0 aliphatic rings. The van der Waals surface area contributed by atoms with Crippen molar-refractivity contribution in [3.63, 3.8) is 0 Å². The molecule has 0 radical (unpaired) electrons. The van der Waals surface area contributed by atoms with Crippen LogP contribution in [0.15, 0.2) is 48.6 Å². The van der Waals surface area contributed by atoms with E-state index in [-0.39, 0.29) is 112 Å². The van der Waals surface area contributed by atoms with E-state index < -0.39 is 47.7 Å². The molecule has 0 bridgehead atoms. The number of carbonyl (C=O) groups is 6. The first-order chi connectivity index (χ1) is 18.5. The zero-order valence-electron chi connectivity index (χ0n) is 24.2. The van der Waals surface area contributed by atoms with Crippen LogP contribution < -0.4 is 10.2 Å². The number of carboxylic acids is 2. The Morgan fingerprint density at radius 1 is 0.488 bits per heavy atom. The Morgan fingerprint density at radius 2 is 0.659 bits per heavy atom. The van der Waals surface area contributed by atoms with E-state index in [1.165, 1.54) is 27.7 Å². The molecule has 0 saturated heterocycles. The summed E-state index contributed by atoms with van der Waals surface area (Å²) >= 11 is 0. The van der Waals surface area contributed by atoms with E-state index in [4.69, 9.17) is 18.9 Å². The summed E-state index contributed by atoms with van der Waals surface area (Å²) in [5, 5.41) is 21.8. The normalized spacial score (nSPS) is 9.71. The SMILES string of the molecule is C=C(C)C(=O)OCCC(CCOC(=O)C(=C)C)C(=O)[O-].C=C(C)C(=O)OCCC(CCOC(=O)C(=C)C)C(=O)[O-].[Ca+2]. The summed E-state index contributed by atoms with van der Waals surface area (Å²) in [5.74, 6) is -6.56. The molecule has 0 rings (SSSR count). The Balaban J connectivity index is -0.000000688. The summed E-state index contributed by atoms with van der Waals surface area (Å²) in [6.07, 6.45) is 0.357. The quantitative estimate of drug-likeness (QED) is 0.0904. The summed E-state index contributed by atoms with van der Waals surface area (Å²) < 4.78 is 19.2. The summed E-state index contributed by atoms with van der Waals surface area (Å²) in [4.78, 5) is 66.2.